The van der Waals surface area contributed by atoms with Gasteiger partial charge in [-0.25, -0.2) is 12.7 Å². The molecule has 2 rings (SSSR count). The van der Waals surface area contributed by atoms with Gasteiger partial charge < -0.3 is 15.4 Å². The number of nitrogens with zero attached hydrogens (tertiary/aromatic N) is 2. The Bertz CT molecular complexity index is 804. The Balaban J connectivity index is 2.10. The number of aliphatic imine (C=N–C) groups is 1. The van der Waals surface area contributed by atoms with Crippen molar-refractivity contribution in [3.63, 3.8) is 0 Å². The first-order chi connectivity index (χ1) is 13.8. The maximum absolute atomic E-state index is 12.6. The van der Waals surface area contributed by atoms with Gasteiger partial charge in [0.1, 0.15) is 0 Å². The van der Waals surface area contributed by atoms with Crippen molar-refractivity contribution in [2.75, 3.05) is 27.7 Å². The second-order valence-corrected chi connectivity index (χ2v) is 9.76. The molecule has 1 aliphatic rings. The molecule has 1 aromatic rings. The number of guanidine groups is 1. The minimum absolute atomic E-state index is 0.0970. The average molecular weight is 425 g/mol. The number of hydrogen-bond donors (Lipinski definition) is 2. The van der Waals surface area contributed by atoms with E-state index in [1.165, 1.54) is 4.31 Å². The quantitative estimate of drug-likeness (QED) is 0.470. The van der Waals surface area contributed by atoms with Crippen molar-refractivity contribution in [3.05, 3.63) is 29.8 Å². The minimum atomic E-state index is -3.50. The van der Waals surface area contributed by atoms with Crippen LogP contribution in [0.5, 0.6) is 0 Å². The zero-order valence-corrected chi connectivity index (χ0v) is 19.3. The molecular formula is C21H36N4O3S. The molecule has 7 nitrogen and oxygen atoms in total. The van der Waals surface area contributed by atoms with Crippen molar-refractivity contribution in [1.82, 2.24) is 14.9 Å². The lowest BCUT2D eigenvalue weighted by atomic mass is 9.58. The van der Waals surface area contributed by atoms with Gasteiger partial charge in [0.25, 0.3) is 0 Å². The van der Waals surface area contributed by atoms with Crippen molar-refractivity contribution >= 4 is 16.0 Å². The van der Waals surface area contributed by atoms with Gasteiger partial charge in [-0.1, -0.05) is 32.0 Å². The van der Waals surface area contributed by atoms with Gasteiger partial charge in [-0.05, 0) is 37.8 Å². The molecule has 29 heavy (non-hydrogen) atoms. The number of rotatable bonds is 9. The average Bonchev–Trinajstić information content (AvgIpc) is 2.70. The van der Waals surface area contributed by atoms with E-state index in [1.807, 2.05) is 19.1 Å². The molecule has 0 radical (unpaired) electrons. The topological polar surface area (TPSA) is 83.0 Å². The van der Waals surface area contributed by atoms with Crippen LogP contribution in [0.25, 0.3) is 0 Å². The molecule has 0 amide bonds. The van der Waals surface area contributed by atoms with Crippen LogP contribution in [0.15, 0.2) is 34.2 Å². The van der Waals surface area contributed by atoms with Crippen molar-refractivity contribution in [1.29, 1.82) is 0 Å². The SMILES string of the molecule is CCOC1CC(NC(=NC)NCc2ccccc2S(=O)(=O)N(C)C)C1(CC)CC. The largest absolute Gasteiger partial charge is 0.378 e. The summed E-state index contributed by atoms with van der Waals surface area (Å²) in [5.41, 5.74) is 0.807. The molecule has 0 bridgehead atoms. The second kappa shape index (κ2) is 9.91. The standard InChI is InChI=1S/C21H36N4O3S/c1-7-21(8-2)18(14-19(21)28-9-3)24-20(22-4)23-15-16-12-10-11-13-17(16)29(26,27)25(5)6/h10-13,18-19H,7-9,14-15H2,1-6H3,(H2,22,23,24). The molecule has 164 valence electrons. The van der Waals surface area contributed by atoms with E-state index in [4.69, 9.17) is 4.74 Å². The van der Waals surface area contributed by atoms with Crippen molar-refractivity contribution < 1.29 is 13.2 Å². The maximum atomic E-state index is 12.6. The van der Waals surface area contributed by atoms with Crippen molar-refractivity contribution in [3.8, 4) is 0 Å². The molecule has 0 aliphatic heterocycles. The third-order valence-electron chi connectivity index (χ3n) is 6.18. The number of ether oxygens (including phenoxy) is 1. The van der Waals surface area contributed by atoms with E-state index in [0.717, 1.165) is 25.9 Å². The molecule has 0 heterocycles. The van der Waals surface area contributed by atoms with E-state index < -0.39 is 10.0 Å². The van der Waals surface area contributed by atoms with Gasteiger partial charge in [0.15, 0.2) is 5.96 Å². The fourth-order valence-corrected chi connectivity index (χ4v) is 5.34. The highest BCUT2D eigenvalue weighted by Crippen LogP contribution is 2.48. The Morgan fingerprint density at radius 1 is 1.24 bits per heavy atom. The Kier molecular flexibility index (Phi) is 8.08. The Morgan fingerprint density at radius 2 is 1.90 bits per heavy atom. The summed E-state index contributed by atoms with van der Waals surface area (Å²) >= 11 is 0. The van der Waals surface area contributed by atoms with Gasteiger partial charge >= 0.3 is 0 Å². The molecule has 2 unspecified atom stereocenters. The van der Waals surface area contributed by atoms with Crippen molar-refractivity contribution in [2.24, 2.45) is 10.4 Å². The third kappa shape index (κ3) is 4.75. The molecule has 1 aromatic carbocycles. The summed E-state index contributed by atoms with van der Waals surface area (Å²) in [6.45, 7) is 7.55. The van der Waals surface area contributed by atoms with Crippen LogP contribution in [0.3, 0.4) is 0 Å². The summed E-state index contributed by atoms with van der Waals surface area (Å²) in [7, 11) is 1.31. The first kappa shape index (κ1) is 23.6. The van der Waals surface area contributed by atoms with E-state index in [0.29, 0.717) is 23.0 Å². The van der Waals surface area contributed by atoms with Gasteiger partial charge in [0.2, 0.25) is 10.0 Å². The highest BCUT2D eigenvalue weighted by atomic mass is 32.2. The normalized spacial score (nSPS) is 21.7. The minimum Gasteiger partial charge on any atom is -0.378 e. The van der Waals surface area contributed by atoms with Gasteiger partial charge in [-0.2, -0.15) is 0 Å². The van der Waals surface area contributed by atoms with Gasteiger partial charge in [0.05, 0.1) is 11.0 Å². The smallest absolute Gasteiger partial charge is 0.242 e. The van der Waals surface area contributed by atoms with E-state index in [-0.39, 0.29) is 17.6 Å². The number of nitrogens with one attached hydrogen (secondary N) is 2. The lowest BCUT2D eigenvalue weighted by Gasteiger charge is -2.55. The summed E-state index contributed by atoms with van der Waals surface area (Å²) in [6, 6.07) is 7.33. The molecule has 2 atom stereocenters. The van der Waals surface area contributed by atoms with Crippen LogP contribution < -0.4 is 10.6 Å². The Labute approximate surface area is 176 Å². The van der Waals surface area contributed by atoms with Crippen LogP contribution >= 0.6 is 0 Å². The summed E-state index contributed by atoms with van der Waals surface area (Å²) in [5.74, 6) is 0.674. The van der Waals surface area contributed by atoms with Crippen LogP contribution in [0, 0.1) is 5.41 Å². The monoisotopic (exact) mass is 424 g/mol. The lowest BCUT2D eigenvalue weighted by molar-refractivity contribution is -0.133. The molecule has 8 heteroatoms. The first-order valence-corrected chi connectivity index (χ1v) is 11.8. The molecule has 1 fully saturated rings. The predicted molar refractivity (Wildman–Crippen MR) is 117 cm³/mol. The first-order valence-electron chi connectivity index (χ1n) is 10.4. The highest BCUT2D eigenvalue weighted by molar-refractivity contribution is 7.89. The molecule has 1 aliphatic carbocycles. The molecule has 0 aromatic heterocycles. The van der Waals surface area contributed by atoms with E-state index in [9.17, 15) is 8.42 Å². The zero-order chi connectivity index (χ0) is 21.7. The molecular weight excluding hydrogens is 388 g/mol. The van der Waals surface area contributed by atoms with Crippen LogP contribution in [-0.2, 0) is 21.3 Å². The summed E-state index contributed by atoms with van der Waals surface area (Å²) < 4.78 is 32.4. The molecule has 2 N–H and O–H groups in total. The molecule has 0 spiro atoms. The second-order valence-electron chi connectivity index (χ2n) is 7.64. The number of benzene rings is 1. The maximum Gasteiger partial charge on any atom is 0.242 e. The summed E-state index contributed by atoms with van der Waals surface area (Å²) in [4.78, 5) is 4.66. The van der Waals surface area contributed by atoms with Crippen LogP contribution in [0.1, 0.15) is 45.6 Å². The van der Waals surface area contributed by atoms with Crippen LogP contribution in [-0.4, -0.2) is 58.6 Å². The predicted octanol–water partition coefficient (Wildman–Crippen LogP) is 2.59. The Morgan fingerprint density at radius 3 is 2.45 bits per heavy atom. The van der Waals surface area contributed by atoms with Crippen LogP contribution in [0.2, 0.25) is 0 Å². The van der Waals surface area contributed by atoms with Gasteiger partial charge in [0, 0.05) is 45.8 Å². The number of hydrogen-bond acceptors (Lipinski definition) is 4. The van der Waals surface area contributed by atoms with Gasteiger partial charge in [-0.3, -0.25) is 4.99 Å². The van der Waals surface area contributed by atoms with E-state index >= 15 is 0 Å². The fraction of sp³-hybridized carbons (Fsp3) is 0.667. The van der Waals surface area contributed by atoms with E-state index in [2.05, 4.69) is 29.5 Å². The highest BCUT2D eigenvalue weighted by Gasteiger charge is 2.53. The summed E-state index contributed by atoms with van der Waals surface area (Å²) in [6.07, 6.45) is 3.28. The van der Waals surface area contributed by atoms with Crippen molar-refractivity contribution in [2.45, 2.75) is 63.6 Å². The van der Waals surface area contributed by atoms with Gasteiger partial charge in [-0.15, -0.1) is 0 Å². The third-order valence-corrected chi connectivity index (χ3v) is 8.10. The lowest BCUT2D eigenvalue weighted by Crippen LogP contribution is -2.65. The fourth-order valence-electron chi connectivity index (χ4n) is 4.22. The summed E-state index contributed by atoms with van der Waals surface area (Å²) in [5, 5.41) is 6.82. The zero-order valence-electron chi connectivity index (χ0n) is 18.5. The molecule has 0 saturated heterocycles. The van der Waals surface area contributed by atoms with E-state index in [1.54, 1.807) is 33.3 Å². The number of sulfonamides is 1. The molecule has 1 saturated carbocycles. The van der Waals surface area contributed by atoms with Crippen LogP contribution in [0.4, 0.5) is 0 Å². The Hall–Kier alpha value is -1.64.